The number of hydrogen-bond acceptors (Lipinski definition) is 4. The molecule has 4 rings (SSSR count). The van der Waals surface area contributed by atoms with Crippen LogP contribution in [0.15, 0.2) is 70.4 Å². The van der Waals surface area contributed by atoms with Crippen LogP contribution < -0.4 is 0 Å². The predicted molar refractivity (Wildman–Crippen MR) is 114 cm³/mol. The minimum absolute atomic E-state index is 0.485. The van der Waals surface area contributed by atoms with E-state index in [1.165, 1.54) is 11.8 Å². The first-order valence-corrected chi connectivity index (χ1v) is 10.5. The molecule has 0 saturated heterocycles. The Morgan fingerprint density at radius 2 is 1.61 bits per heavy atom. The lowest BCUT2D eigenvalue weighted by Crippen LogP contribution is -2.04. The third-order valence-electron chi connectivity index (χ3n) is 4.13. The van der Waals surface area contributed by atoms with E-state index in [0.717, 1.165) is 22.0 Å². The number of rotatable bonds is 6. The van der Waals surface area contributed by atoms with Crippen molar-refractivity contribution in [1.82, 2.24) is 14.8 Å². The number of furan rings is 1. The summed E-state index contributed by atoms with van der Waals surface area (Å²) in [4.78, 5) is 0. The molecule has 0 bridgehead atoms. The van der Waals surface area contributed by atoms with E-state index >= 15 is 0 Å². The first kappa shape index (κ1) is 19.4. The molecule has 0 aliphatic heterocycles. The van der Waals surface area contributed by atoms with Gasteiger partial charge in [0.15, 0.2) is 11.0 Å². The summed E-state index contributed by atoms with van der Waals surface area (Å²) in [5, 5.41) is 11.4. The number of thioether (sulfide) groups is 1. The zero-order chi connectivity index (χ0) is 19.5. The van der Waals surface area contributed by atoms with Crippen LogP contribution in [0, 0.1) is 0 Å². The lowest BCUT2D eigenvalue weighted by molar-refractivity contribution is 0.485. The smallest absolute Gasteiger partial charge is 0.192 e. The zero-order valence-corrected chi connectivity index (χ0v) is 17.6. The van der Waals surface area contributed by atoms with E-state index in [9.17, 15) is 0 Å². The number of aromatic nitrogens is 3. The van der Waals surface area contributed by atoms with Gasteiger partial charge in [-0.1, -0.05) is 64.8 Å². The molecule has 0 radical (unpaired) electrons. The highest BCUT2D eigenvalue weighted by molar-refractivity contribution is 7.98. The molecule has 4 aromatic rings. The van der Waals surface area contributed by atoms with Crippen molar-refractivity contribution < 1.29 is 4.42 Å². The third-order valence-corrected chi connectivity index (χ3v) is 6.16. The molecule has 2 heterocycles. The van der Waals surface area contributed by atoms with Crippen LogP contribution in [0.4, 0.5) is 0 Å². The molecule has 28 heavy (non-hydrogen) atoms. The molecule has 0 atom stereocenters. The predicted octanol–water partition coefficient (Wildman–Crippen LogP) is 6.84. The standard InChI is InChI=1S/C20H14Cl3N3OS/c21-16-7-2-1-6-14(16)19-24-25-20(26(19)11-13-5-4-10-27-13)28-12-15-17(22)8-3-9-18(15)23/h1-10H,11-12H2. The number of halogens is 3. The van der Waals surface area contributed by atoms with Gasteiger partial charge >= 0.3 is 0 Å². The van der Waals surface area contributed by atoms with Crippen LogP contribution in [-0.2, 0) is 12.3 Å². The molecule has 0 aliphatic carbocycles. The van der Waals surface area contributed by atoms with Gasteiger partial charge in [0.1, 0.15) is 5.76 Å². The topological polar surface area (TPSA) is 43.9 Å². The van der Waals surface area contributed by atoms with E-state index in [-0.39, 0.29) is 0 Å². The largest absolute Gasteiger partial charge is 0.467 e. The fraction of sp³-hybridized carbons (Fsp3) is 0.100. The fourth-order valence-corrected chi connectivity index (χ4v) is 4.64. The van der Waals surface area contributed by atoms with Gasteiger partial charge in [-0.25, -0.2) is 0 Å². The minimum atomic E-state index is 0.485. The van der Waals surface area contributed by atoms with Crippen LogP contribution in [0.5, 0.6) is 0 Å². The monoisotopic (exact) mass is 449 g/mol. The third kappa shape index (κ3) is 4.08. The first-order valence-electron chi connectivity index (χ1n) is 8.39. The van der Waals surface area contributed by atoms with E-state index in [0.29, 0.717) is 33.2 Å². The summed E-state index contributed by atoms with van der Waals surface area (Å²) in [7, 11) is 0. The second-order valence-electron chi connectivity index (χ2n) is 5.94. The maximum Gasteiger partial charge on any atom is 0.192 e. The summed E-state index contributed by atoms with van der Waals surface area (Å²) in [6.45, 7) is 0.485. The van der Waals surface area contributed by atoms with Crippen LogP contribution in [0.2, 0.25) is 15.1 Å². The van der Waals surface area contributed by atoms with Crippen LogP contribution in [-0.4, -0.2) is 14.8 Å². The average Bonchev–Trinajstić information content (AvgIpc) is 3.33. The quantitative estimate of drug-likeness (QED) is 0.302. The summed E-state index contributed by atoms with van der Waals surface area (Å²) >= 11 is 20.5. The maximum atomic E-state index is 6.39. The Bertz CT molecular complexity index is 1080. The van der Waals surface area contributed by atoms with Gasteiger partial charge in [-0.3, -0.25) is 4.57 Å². The van der Waals surface area contributed by atoms with Crippen molar-refractivity contribution in [3.63, 3.8) is 0 Å². The lowest BCUT2D eigenvalue weighted by Gasteiger charge is -2.11. The van der Waals surface area contributed by atoms with E-state index < -0.39 is 0 Å². The molecule has 0 saturated carbocycles. The van der Waals surface area contributed by atoms with Crippen molar-refractivity contribution in [2.24, 2.45) is 0 Å². The Morgan fingerprint density at radius 3 is 2.32 bits per heavy atom. The summed E-state index contributed by atoms with van der Waals surface area (Å²) in [6, 6.07) is 16.8. The Hall–Kier alpha value is -1.92. The maximum absolute atomic E-state index is 6.39. The summed E-state index contributed by atoms with van der Waals surface area (Å²) in [5.74, 6) is 2.04. The van der Waals surface area contributed by atoms with Gasteiger partial charge in [0.2, 0.25) is 0 Å². The second-order valence-corrected chi connectivity index (χ2v) is 8.10. The molecule has 0 spiro atoms. The van der Waals surface area contributed by atoms with E-state index in [1.807, 2.05) is 59.2 Å². The van der Waals surface area contributed by atoms with Crippen LogP contribution in [0.25, 0.3) is 11.4 Å². The Labute approximate surface area is 181 Å². The molecule has 0 unspecified atom stereocenters. The highest BCUT2D eigenvalue weighted by atomic mass is 35.5. The molecule has 0 amide bonds. The molecule has 0 aliphatic rings. The lowest BCUT2D eigenvalue weighted by atomic mass is 10.2. The minimum Gasteiger partial charge on any atom is -0.467 e. The van der Waals surface area contributed by atoms with Gasteiger partial charge in [-0.15, -0.1) is 10.2 Å². The van der Waals surface area contributed by atoms with Crippen LogP contribution in [0.3, 0.4) is 0 Å². The normalized spacial score (nSPS) is 11.1. The molecule has 2 aromatic heterocycles. The van der Waals surface area contributed by atoms with E-state index in [1.54, 1.807) is 6.26 Å². The van der Waals surface area contributed by atoms with Crippen molar-refractivity contribution in [2.45, 2.75) is 17.5 Å². The molecule has 8 heteroatoms. The fourth-order valence-electron chi connectivity index (χ4n) is 2.75. The molecule has 4 nitrogen and oxygen atoms in total. The number of benzene rings is 2. The van der Waals surface area contributed by atoms with Crippen molar-refractivity contribution in [3.8, 4) is 11.4 Å². The van der Waals surface area contributed by atoms with Crippen LogP contribution >= 0.6 is 46.6 Å². The van der Waals surface area contributed by atoms with Gasteiger partial charge in [0, 0.05) is 21.4 Å². The van der Waals surface area contributed by atoms with E-state index in [2.05, 4.69) is 10.2 Å². The molecular formula is C20H14Cl3N3OS. The van der Waals surface area contributed by atoms with Crippen molar-refractivity contribution in [1.29, 1.82) is 0 Å². The Kier molecular flexibility index (Phi) is 5.97. The first-order chi connectivity index (χ1) is 13.6. The number of hydrogen-bond donors (Lipinski definition) is 0. The van der Waals surface area contributed by atoms with Crippen molar-refractivity contribution in [2.75, 3.05) is 0 Å². The highest BCUT2D eigenvalue weighted by Crippen LogP contribution is 2.34. The SMILES string of the molecule is Clc1ccccc1-c1nnc(SCc2c(Cl)cccc2Cl)n1Cc1ccco1. The number of nitrogens with zero attached hydrogens (tertiary/aromatic N) is 3. The van der Waals surface area contributed by atoms with Crippen LogP contribution in [0.1, 0.15) is 11.3 Å². The molecular weight excluding hydrogens is 437 g/mol. The van der Waals surface area contributed by atoms with Gasteiger partial charge in [-0.05, 0) is 42.0 Å². The van der Waals surface area contributed by atoms with Gasteiger partial charge in [-0.2, -0.15) is 0 Å². The highest BCUT2D eigenvalue weighted by Gasteiger charge is 2.18. The molecule has 0 fully saturated rings. The zero-order valence-electron chi connectivity index (χ0n) is 14.5. The van der Waals surface area contributed by atoms with Crippen molar-refractivity contribution in [3.05, 3.63) is 87.3 Å². The Morgan fingerprint density at radius 1 is 0.857 bits per heavy atom. The average molecular weight is 451 g/mol. The molecule has 142 valence electrons. The summed E-state index contributed by atoms with van der Waals surface area (Å²) < 4.78 is 7.50. The summed E-state index contributed by atoms with van der Waals surface area (Å²) in [5.41, 5.74) is 1.67. The second kappa shape index (κ2) is 8.62. The van der Waals surface area contributed by atoms with Gasteiger partial charge in [0.25, 0.3) is 0 Å². The molecule has 0 N–H and O–H groups in total. The van der Waals surface area contributed by atoms with Gasteiger partial charge < -0.3 is 4.42 Å². The summed E-state index contributed by atoms with van der Waals surface area (Å²) in [6.07, 6.45) is 1.64. The molecule has 2 aromatic carbocycles. The Balaban J connectivity index is 1.70. The van der Waals surface area contributed by atoms with E-state index in [4.69, 9.17) is 39.2 Å². The van der Waals surface area contributed by atoms with Crippen molar-refractivity contribution >= 4 is 46.6 Å². The van der Waals surface area contributed by atoms with Gasteiger partial charge in [0.05, 0.1) is 17.8 Å².